The van der Waals surface area contributed by atoms with Gasteiger partial charge in [-0.2, -0.15) is 0 Å². The van der Waals surface area contributed by atoms with Gasteiger partial charge in [-0.25, -0.2) is 0 Å². The van der Waals surface area contributed by atoms with E-state index in [2.05, 4.69) is 0 Å². The number of ether oxygens (including phenoxy) is 1. The van der Waals surface area contributed by atoms with Crippen molar-refractivity contribution in [2.75, 3.05) is 6.54 Å². The maximum atomic E-state index is 12.5. The van der Waals surface area contributed by atoms with Gasteiger partial charge in [-0.15, -0.1) is 0 Å². The molecule has 1 fully saturated rings. The van der Waals surface area contributed by atoms with Crippen molar-refractivity contribution in [1.29, 1.82) is 0 Å². The highest BCUT2D eigenvalue weighted by atomic mass is 32.2. The number of carboxylic acid groups (broad SMARTS) is 1. The van der Waals surface area contributed by atoms with Crippen molar-refractivity contribution in [3.05, 3.63) is 88.1 Å². The van der Waals surface area contributed by atoms with Gasteiger partial charge in [-0.3, -0.25) is 19.3 Å². The summed E-state index contributed by atoms with van der Waals surface area (Å²) in [5.74, 6) is -1.05. The number of rotatable bonds is 7. The highest BCUT2D eigenvalue weighted by molar-refractivity contribution is 8.18. The molecule has 0 saturated carbocycles. The third kappa shape index (κ3) is 4.85. The third-order valence-electron chi connectivity index (χ3n) is 5.27. The summed E-state index contributed by atoms with van der Waals surface area (Å²) in [6, 6.07) is 19.6. The van der Waals surface area contributed by atoms with E-state index in [0.29, 0.717) is 6.61 Å². The lowest BCUT2D eigenvalue weighted by atomic mass is 10.2. The quantitative estimate of drug-likeness (QED) is 0.508. The number of imide groups is 1. The summed E-state index contributed by atoms with van der Waals surface area (Å²) in [5.41, 5.74) is 4.68. The summed E-state index contributed by atoms with van der Waals surface area (Å²) in [5, 5.41) is 8.34. The van der Waals surface area contributed by atoms with Gasteiger partial charge in [0.1, 0.15) is 18.9 Å². The largest absolute Gasteiger partial charge is 0.489 e. The minimum absolute atomic E-state index is 0.214. The van der Waals surface area contributed by atoms with Crippen molar-refractivity contribution in [1.82, 2.24) is 9.47 Å². The van der Waals surface area contributed by atoms with Gasteiger partial charge in [-0.05, 0) is 73.1 Å². The van der Waals surface area contributed by atoms with E-state index in [1.54, 1.807) is 6.08 Å². The van der Waals surface area contributed by atoms with Crippen molar-refractivity contribution in [3.63, 3.8) is 0 Å². The van der Waals surface area contributed by atoms with E-state index in [1.807, 2.05) is 79.1 Å². The minimum atomic E-state index is -1.23. The SMILES string of the molecule is Cc1cc(C=C2SC(=O)N(CC(=O)O)C2=O)c(C)n1-c1ccc(OCc2ccccc2)cc1. The fourth-order valence-electron chi connectivity index (χ4n) is 3.68. The van der Waals surface area contributed by atoms with Crippen LogP contribution in [0.4, 0.5) is 4.79 Å². The predicted octanol–water partition coefficient (Wildman–Crippen LogP) is 4.79. The predicted molar refractivity (Wildman–Crippen MR) is 126 cm³/mol. The van der Waals surface area contributed by atoms with E-state index in [1.165, 1.54) is 0 Å². The molecule has 2 amide bonds. The fourth-order valence-corrected chi connectivity index (χ4v) is 4.51. The van der Waals surface area contributed by atoms with Crippen molar-refractivity contribution in [2.24, 2.45) is 0 Å². The minimum Gasteiger partial charge on any atom is -0.489 e. The van der Waals surface area contributed by atoms with Crippen LogP contribution in [0.1, 0.15) is 22.5 Å². The number of aliphatic carboxylic acids is 1. The zero-order valence-corrected chi connectivity index (χ0v) is 19.0. The first-order chi connectivity index (χ1) is 15.8. The van der Waals surface area contributed by atoms with Gasteiger partial charge in [0.05, 0.1) is 4.91 Å². The molecule has 1 aliphatic heterocycles. The van der Waals surface area contributed by atoms with Crippen molar-refractivity contribution in [3.8, 4) is 11.4 Å². The molecule has 0 spiro atoms. The Morgan fingerprint density at radius 1 is 1.06 bits per heavy atom. The lowest BCUT2D eigenvalue weighted by Crippen LogP contribution is -2.33. The van der Waals surface area contributed by atoms with Crippen LogP contribution in [0.2, 0.25) is 0 Å². The maximum Gasteiger partial charge on any atom is 0.323 e. The lowest BCUT2D eigenvalue weighted by Gasteiger charge is -2.11. The zero-order chi connectivity index (χ0) is 23.5. The molecule has 1 aliphatic rings. The lowest BCUT2D eigenvalue weighted by molar-refractivity contribution is -0.140. The van der Waals surface area contributed by atoms with Crippen LogP contribution in [-0.4, -0.2) is 38.2 Å². The van der Waals surface area contributed by atoms with Crippen LogP contribution in [0.5, 0.6) is 5.75 Å². The first kappa shape index (κ1) is 22.4. The van der Waals surface area contributed by atoms with Gasteiger partial charge in [0.25, 0.3) is 11.1 Å². The molecule has 3 aromatic rings. The highest BCUT2D eigenvalue weighted by Gasteiger charge is 2.36. The molecule has 7 nitrogen and oxygen atoms in total. The summed E-state index contributed by atoms with van der Waals surface area (Å²) in [6.07, 6.45) is 1.64. The Hall–Kier alpha value is -3.78. The number of aromatic nitrogens is 1. The molecule has 1 N–H and O–H groups in total. The molecule has 8 heteroatoms. The molecule has 2 heterocycles. The zero-order valence-electron chi connectivity index (χ0n) is 18.1. The molecule has 4 rings (SSSR count). The Bertz CT molecular complexity index is 1250. The molecular formula is C25H22N2O5S. The van der Waals surface area contributed by atoms with Gasteiger partial charge < -0.3 is 14.4 Å². The molecular weight excluding hydrogens is 440 g/mol. The van der Waals surface area contributed by atoms with E-state index >= 15 is 0 Å². The molecule has 0 aliphatic carbocycles. The van der Waals surface area contributed by atoms with Crippen molar-refractivity contribution in [2.45, 2.75) is 20.5 Å². The van der Waals surface area contributed by atoms with Gasteiger partial charge in [0.2, 0.25) is 0 Å². The Morgan fingerprint density at radius 2 is 1.76 bits per heavy atom. The molecule has 0 radical (unpaired) electrons. The summed E-state index contributed by atoms with van der Waals surface area (Å²) >= 11 is 0.753. The van der Waals surface area contributed by atoms with Crippen LogP contribution in [0.3, 0.4) is 0 Å². The monoisotopic (exact) mass is 462 g/mol. The number of aryl methyl sites for hydroxylation is 1. The van der Waals surface area contributed by atoms with Crippen LogP contribution in [0.25, 0.3) is 11.8 Å². The number of nitrogens with zero attached hydrogens (tertiary/aromatic N) is 2. The summed E-state index contributed by atoms with van der Waals surface area (Å²) in [7, 11) is 0. The second-order valence-electron chi connectivity index (χ2n) is 7.59. The standard InChI is InChI=1S/C25H22N2O5S/c1-16-12-19(13-22-24(30)26(14-23(28)29)25(31)33-22)17(2)27(16)20-8-10-21(11-9-20)32-15-18-6-4-3-5-7-18/h3-13H,14-15H2,1-2H3,(H,28,29). The van der Waals surface area contributed by atoms with Crippen molar-refractivity contribution < 1.29 is 24.2 Å². The first-order valence-electron chi connectivity index (χ1n) is 10.3. The van der Waals surface area contributed by atoms with Gasteiger partial charge in [0, 0.05) is 17.1 Å². The van der Waals surface area contributed by atoms with E-state index in [-0.39, 0.29) is 4.91 Å². The van der Waals surface area contributed by atoms with Crippen LogP contribution < -0.4 is 4.74 Å². The van der Waals surface area contributed by atoms with Gasteiger partial charge in [0.15, 0.2) is 0 Å². The van der Waals surface area contributed by atoms with Crippen LogP contribution in [0.15, 0.2) is 65.6 Å². The molecule has 0 bridgehead atoms. The van der Waals surface area contributed by atoms with E-state index in [9.17, 15) is 14.4 Å². The van der Waals surface area contributed by atoms with Crippen LogP contribution in [0, 0.1) is 13.8 Å². The fraction of sp³-hybridized carbons (Fsp3) is 0.160. The molecule has 33 heavy (non-hydrogen) atoms. The van der Waals surface area contributed by atoms with Crippen molar-refractivity contribution >= 4 is 35.0 Å². The maximum absolute atomic E-state index is 12.5. The Labute approximate surface area is 195 Å². The average molecular weight is 463 g/mol. The van der Waals surface area contributed by atoms with E-state index < -0.39 is 23.7 Å². The topological polar surface area (TPSA) is 88.8 Å². The van der Waals surface area contributed by atoms with Crippen LogP contribution >= 0.6 is 11.8 Å². The van der Waals surface area contributed by atoms with Gasteiger partial charge in [-0.1, -0.05) is 30.3 Å². The van der Waals surface area contributed by atoms with Gasteiger partial charge >= 0.3 is 5.97 Å². The third-order valence-corrected chi connectivity index (χ3v) is 6.17. The molecule has 0 unspecified atom stereocenters. The highest BCUT2D eigenvalue weighted by Crippen LogP contribution is 2.33. The number of carboxylic acids is 1. The second kappa shape index (κ2) is 9.38. The molecule has 1 aromatic heterocycles. The molecule has 168 valence electrons. The number of hydrogen-bond donors (Lipinski definition) is 1. The number of benzene rings is 2. The number of carbonyl (C=O) groups excluding carboxylic acids is 2. The smallest absolute Gasteiger partial charge is 0.323 e. The Kier molecular flexibility index (Phi) is 6.37. The molecule has 0 atom stereocenters. The molecule has 2 aromatic carbocycles. The summed E-state index contributed by atoms with van der Waals surface area (Å²) in [4.78, 5) is 36.4. The molecule has 1 saturated heterocycles. The average Bonchev–Trinajstić information content (AvgIpc) is 3.22. The van der Waals surface area contributed by atoms with Crippen LogP contribution in [-0.2, 0) is 16.2 Å². The Balaban J connectivity index is 1.53. The van der Waals surface area contributed by atoms with E-state index in [4.69, 9.17) is 9.84 Å². The second-order valence-corrected chi connectivity index (χ2v) is 8.58. The number of thioether (sulfide) groups is 1. The number of carbonyl (C=O) groups is 3. The normalized spacial score (nSPS) is 14.8. The summed E-state index contributed by atoms with van der Waals surface area (Å²) < 4.78 is 7.91. The summed E-state index contributed by atoms with van der Waals surface area (Å²) in [6.45, 7) is 3.74. The van der Waals surface area contributed by atoms with E-state index in [0.717, 1.165) is 50.6 Å². The Morgan fingerprint density at radius 3 is 2.42 bits per heavy atom. The number of hydrogen-bond acceptors (Lipinski definition) is 5. The number of amides is 2. The first-order valence-corrected chi connectivity index (χ1v) is 11.1.